The molecular weight excluding hydrogens is 1710 g/mol. The van der Waals surface area contributed by atoms with Crippen molar-refractivity contribution < 1.29 is 23.8 Å². The third kappa shape index (κ3) is 18.3. The van der Waals surface area contributed by atoms with Gasteiger partial charge in [-0.05, 0) is 168 Å². The van der Waals surface area contributed by atoms with Crippen LogP contribution in [0.25, 0.3) is 84.5 Å². The smallest absolute Gasteiger partial charge is 0.253 e. The van der Waals surface area contributed by atoms with Crippen molar-refractivity contribution in [2.24, 2.45) is 12.0 Å². The monoisotopic (exact) mass is 1820 g/mol. The summed E-state index contributed by atoms with van der Waals surface area (Å²) in [6.45, 7) is 36.6. The van der Waals surface area contributed by atoms with Gasteiger partial charge < -0.3 is 57.4 Å². The van der Waals surface area contributed by atoms with Crippen LogP contribution in [0.4, 0.5) is 23.1 Å². The molecule has 0 bridgehead atoms. The lowest BCUT2D eigenvalue weighted by molar-refractivity contribution is -0.122. The van der Waals surface area contributed by atoms with Gasteiger partial charge in [0.1, 0.15) is 74.9 Å². The number of nitrogens with zero attached hydrogens (tertiary/aromatic N) is 25. The molecule has 20 rings (SSSR count). The number of amides is 1. The van der Waals surface area contributed by atoms with Crippen LogP contribution in [-0.2, 0) is 44.5 Å². The second-order valence-corrected chi connectivity index (χ2v) is 36.4. The zero-order chi connectivity index (χ0) is 94.2. The summed E-state index contributed by atoms with van der Waals surface area (Å²) in [6.07, 6.45) is 11.9. The van der Waals surface area contributed by atoms with E-state index in [1.807, 2.05) is 171 Å². The number of methoxy groups -OCH3 is 2. The summed E-state index contributed by atoms with van der Waals surface area (Å²) < 4.78 is 30.8. The van der Waals surface area contributed by atoms with Crippen LogP contribution >= 0.6 is 11.6 Å². The van der Waals surface area contributed by atoms with Crippen molar-refractivity contribution in [2.45, 2.75) is 165 Å². The summed E-state index contributed by atoms with van der Waals surface area (Å²) >= 11 is 6.11. The molecule has 1 amide bonds. The summed E-state index contributed by atoms with van der Waals surface area (Å²) in [5.41, 5.74) is 18.3. The molecule has 16 aromatic rings. The van der Waals surface area contributed by atoms with E-state index in [2.05, 4.69) is 180 Å². The number of nitrogens with one attached hydrogen (secondary N) is 1. The minimum atomic E-state index is -0.615. The fourth-order valence-corrected chi connectivity index (χ4v) is 18.4. The van der Waals surface area contributed by atoms with Gasteiger partial charge in [0.05, 0.1) is 102 Å². The quantitative estimate of drug-likeness (QED) is 0.0659. The van der Waals surface area contributed by atoms with Crippen molar-refractivity contribution in [3.05, 3.63) is 242 Å². The third-order valence-corrected chi connectivity index (χ3v) is 25.5. The van der Waals surface area contributed by atoms with Gasteiger partial charge in [-0.25, -0.2) is 34.9 Å². The number of hydrogen-bond acceptors (Lipinski definition) is 24. The highest BCUT2D eigenvalue weighted by Gasteiger charge is 2.46. The molecule has 3 atom stereocenters. The number of carbonyl (C=O) groups excluding carboxylic acids is 2. The second kappa shape index (κ2) is 38.8. The molecular formula is C101H115ClN26O6. The van der Waals surface area contributed by atoms with Crippen LogP contribution in [0.1, 0.15) is 169 Å². The van der Waals surface area contributed by atoms with Crippen molar-refractivity contribution in [2.75, 3.05) is 100 Å². The van der Waals surface area contributed by atoms with Gasteiger partial charge >= 0.3 is 0 Å². The van der Waals surface area contributed by atoms with E-state index in [4.69, 9.17) is 65.7 Å². The molecule has 0 spiro atoms. The summed E-state index contributed by atoms with van der Waals surface area (Å²) in [4.78, 5) is 86.7. The minimum Gasteiger partial charge on any atom is -0.497 e. The Morgan fingerprint density at radius 1 is 0.619 bits per heavy atom. The lowest BCUT2D eigenvalue weighted by Crippen LogP contribution is -2.44. The summed E-state index contributed by atoms with van der Waals surface area (Å²) in [7, 11) is 7.29. The van der Waals surface area contributed by atoms with Crippen LogP contribution < -0.4 is 30.3 Å². The molecule has 33 heteroatoms. The Morgan fingerprint density at radius 2 is 1.25 bits per heavy atom. The average Bonchev–Trinajstić information content (AvgIpc) is 1.56. The molecule has 0 saturated carbocycles. The summed E-state index contributed by atoms with van der Waals surface area (Å²) in [5, 5.41) is 29.9. The Balaban J connectivity index is 0.000000125. The van der Waals surface area contributed by atoms with Crippen LogP contribution in [0, 0.1) is 27.7 Å². The largest absolute Gasteiger partial charge is 0.497 e. The number of rotatable bonds is 22. The van der Waals surface area contributed by atoms with Crippen molar-refractivity contribution >= 4 is 96.5 Å². The van der Waals surface area contributed by atoms with Gasteiger partial charge in [-0.1, -0.05) is 98.2 Å². The molecule has 2 saturated heterocycles. The number of imidazole rings is 3. The number of aryl methyl sites for hydroxylation is 6. The standard InChI is InChI=1S/C29H32N4O2.C26H29N9.C23H23ClN4O2.C23H31N9O2/c1-17(2)32-24-15-25-23(14-22(24)29(5,6)28(32)35)30-26(21-13-18(3)27(34)31(7)16-21)33(25)19(4)20-11-9-8-10-12-20;1-4-20-26-31-30-18(2)34(26)17-22(28-20)25-29-21-15-27-24(33-12-10-32(3)11-13-33)14-23(21)35(25)16-19-8-6-5-7-9-19;1-4-5-17(29)12-20-23-27-26-14(2)28(23)21-11-10-18(30-3)13-19(21)22(25-20)15-6-8-16(24)9-7-15;1-14(2)25-21-23-29-28-16(4)31(23)12-18(26-21)22-27-17-11-24-20(30-6-8-34-9-7-30)10-19(17)32(22)15(3)13-33-5/h8-17,19H,1-7H3;5-9,14-15,17H,4,10-13,16H2,1-3H3;6-11,13,20H,4-5,12H2,1-3H3;10-12,14-15H,6-9,13H2,1-5H3,(H,25,26)/t19-;;20-;15-/m0.00/s1. The Hall–Kier alpha value is -13.8. The van der Waals surface area contributed by atoms with Gasteiger partial charge in [0, 0.05) is 143 Å². The second-order valence-electron chi connectivity index (χ2n) is 35.9. The fraction of sp³-hybridized carbons (Fsp3) is 0.376. The number of piperazine rings is 1. The van der Waals surface area contributed by atoms with Gasteiger partial charge in [-0.3, -0.25) is 32.7 Å². The lowest BCUT2D eigenvalue weighted by Gasteiger charge is -2.33. The molecule has 1 N–H and O–H groups in total. The molecule has 0 radical (unpaired) electrons. The van der Waals surface area contributed by atoms with E-state index in [0.717, 1.165) is 205 Å². The van der Waals surface area contributed by atoms with Crippen LogP contribution in [0.15, 0.2) is 174 Å². The summed E-state index contributed by atoms with van der Waals surface area (Å²) in [5.74, 6) is 9.03. The molecule has 2 fully saturated rings. The maximum Gasteiger partial charge on any atom is 0.253 e. The molecule has 11 aromatic heterocycles. The first-order valence-corrected chi connectivity index (χ1v) is 46.3. The Kier molecular flexibility index (Phi) is 26.6. The third-order valence-electron chi connectivity index (χ3n) is 25.3. The highest BCUT2D eigenvalue weighted by atomic mass is 35.5. The molecule has 32 nitrogen and oxygen atoms in total. The molecule has 0 unspecified atom stereocenters. The first-order chi connectivity index (χ1) is 64.6. The van der Waals surface area contributed by atoms with Gasteiger partial charge in [-0.15, -0.1) is 30.6 Å². The number of hydrogen-bond donors (Lipinski definition) is 1. The number of aromatic nitrogens is 20. The number of carbonyl (C=O) groups is 2. The number of likely N-dealkylation sites (N-methyl/N-ethyl adjacent to an activating group) is 1. The number of ether oxygens (including phenoxy) is 3. The molecule has 4 aliphatic rings. The molecule has 4 aliphatic heterocycles. The van der Waals surface area contributed by atoms with E-state index < -0.39 is 11.5 Å². The highest BCUT2D eigenvalue weighted by molar-refractivity contribution is 6.30. The Bertz CT molecular complexity index is 7110. The van der Waals surface area contributed by atoms with Crippen molar-refractivity contribution in [3.63, 3.8) is 0 Å². The molecule has 5 aromatic carbocycles. The van der Waals surface area contributed by atoms with E-state index in [9.17, 15) is 14.4 Å². The number of Topliss-reactive ketones (excluding diaryl/α,β-unsaturated/α-hetero) is 1. The normalized spacial score (nSPS) is 15.3. The number of morpholine rings is 1. The van der Waals surface area contributed by atoms with Crippen LogP contribution in [-0.4, -0.2) is 212 Å². The molecule has 692 valence electrons. The van der Waals surface area contributed by atoms with E-state index in [-0.39, 0.29) is 47.8 Å². The number of anilines is 4. The first-order valence-electron chi connectivity index (χ1n) is 45.9. The maximum absolute atomic E-state index is 13.3. The number of halogens is 1. The zero-order valence-corrected chi connectivity index (χ0v) is 80.1. The maximum atomic E-state index is 13.3. The zero-order valence-electron chi connectivity index (χ0n) is 79.4. The predicted molar refractivity (Wildman–Crippen MR) is 525 cm³/mol. The predicted octanol–water partition coefficient (Wildman–Crippen LogP) is 16.2. The van der Waals surface area contributed by atoms with Gasteiger partial charge in [0.2, 0.25) is 11.6 Å². The number of pyridine rings is 3. The van der Waals surface area contributed by atoms with Crippen molar-refractivity contribution in [3.8, 4) is 45.9 Å². The van der Waals surface area contributed by atoms with E-state index >= 15 is 0 Å². The van der Waals surface area contributed by atoms with Gasteiger partial charge in [0.15, 0.2) is 28.9 Å². The SMILES string of the molecule is CCCC(=O)C[C@@H]1N=C(c2ccc(Cl)cc2)c2cc(OC)ccc2-n2c(C)nnc21.CCc1nc(-c2nc3cnc(N4CCN(C)CC4)cc3n2Cc2ccccc2)cn2c(C)nnc12.COC[C@H](C)n1c(-c2cn3c(C)nnc3c(NC(C)C)n2)nc2cnc(N3CCOCC3)cc21.Cc1cc(-c2nc3cc4c(cc3n2[C@@H](C)c2ccccc2)N(C(C)C)C(=O)C4(C)C)cn(C)c1=O. The Labute approximate surface area is 783 Å². The van der Waals surface area contributed by atoms with Crippen LogP contribution in [0.5, 0.6) is 5.75 Å². The van der Waals surface area contributed by atoms with Crippen LogP contribution in [0.3, 0.4) is 0 Å². The fourth-order valence-electron chi connectivity index (χ4n) is 18.3. The Morgan fingerprint density at radius 3 is 1.90 bits per heavy atom. The summed E-state index contributed by atoms with van der Waals surface area (Å²) in [6, 6.07) is 44.5. The topological polar surface area (TPSA) is 317 Å². The number of benzene rings is 5. The van der Waals surface area contributed by atoms with Gasteiger partial charge in [0.25, 0.3) is 5.56 Å². The molecule has 0 aliphatic carbocycles. The number of ketones is 1. The highest BCUT2D eigenvalue weighted by Crippen LogP contribution is 2.47. The van der Waals surface area contributed by atoms with Gasteiger partial charge in [-0.2, -0.15) is 0 Å². The molecule has 134 heavy (non-hydrogen) atoms. The van der Waals surface area contributed by atoms with E-state index in [1.54, 1.807) is 25.8 Å². The average molecular weight is 1820 g/mol. The number of fused-ring (bicyclic) bond motifs is 9. The minimum absolute atomic E-state index is 0.00981. The lowest BCUT2D eigenvalue weighted by atomic mass is 9.86. The first kappa shape index (κ1) is 92.0. The van der Waals surface area contributed by atoms with Crippen molar-refractivity contribution in [1.29, 1.82) is 0 Å². The van der Waals surface area contributed by atoms with Crippen molar-refractivity contribution in [1.82, 2.24) is 102 Å². The van der Waals surface area contributed by atoms with Crippen LogP contribution in [0.2, 0.25) is 5.02 Å². The van der Waals surface area contributed by atoms with E-state index in [1.165, 1.54) is 5.56 Å². The molecule has 15 heterocycles. The number of aliphatic imine (C=N–C) groups is 1. The van der Waals surface area contributed by atoms with E-state index in [0.29, 0.717) is 60.7 Å².